The Morgan fingerprint density at radius 1 is 1.32 bits per heavy atom. The van der Waals surface area contributed by atoms with E-state index in [2.05, 4.69) is 25.2 Å². The molecule has 4 heteroatoms. The Kier molecular flexibility index (Phi) is 3.80. The number of nitrogens with one attached hydrogen (secondary N) is 1. The molecule has 0 saturated heterocycles. The molecule has 1 atom stereocenters. The fourth-order valence-corrected chi connectivity index (χ4v) is 2.96. The van der Waals surface area contributed by atoms with Gasteiger partial charge in [0.2, 0.25) is 0 Å². The first-order chi connectivity index (χ1) is 8.90. The smallest absolute Gasteiger partial charge is 0.263 e. The average molecular weight is 276 g/mol. The van der Waals surface area contributed by atoms with E-state index in [1.165, 1.54) is 16.9 Å². The molecule has 1 heterocycles. The maximum atomic E-state index is 12.3. The predicted molar refractivity (Wildman–Crippen MR) is 82.7 cm³/mol. The molecular formula is C15H20N2OS. The molecule has 0 aliphatic carbocycles. The molecule has 1 aromatic heterocycles. The van der Waals surface area contributed by atoms with Gasteiger partial charge >= 0.3 is 0 Å². The van der Waals surface area contributed by atoms with Crippen molar-refractivity contribution in [2.75, 3.05) is 5.73 Å². The van der Waals surface area contributed by atoms with Crippen LogP contribution < -0.4 is 11.1 Å². The summed E-state index contributed by atoms with van der Waals surface area (Å²) < 4.78 is 1.07. The first kappa shape index (κ1) is 13.9. The van der Waals surface area contributed by atoms with Crippen LogP contribution in [0.15, 0.2) is 18.2 Å². The van der Waals surface area contributed by atoms with Crippen molar-refractivity contribution in [1.82, 2.24) is 5.32 Å². The lowest BCUT2D eigenvalue weighted by Gasteiger charge is -2.16. The molecular weight excluding hydrogens is 256 g/mol. The Labute approximate surface area is 117 Å². The van der Waals surface area contributed by atoms with Crippen LogP contribution in [-0.2, 0) is 0 Å². The number of benzene rings is 1. The van der Waals surface area contributed by atoms with E-state index in [1.54, 1.807) is 0 Å². The van der Waals surface area contributed by atoms with E-state index in [-0.39, 0.29) is 11.9 Å². The number of aryl methyl sites for hydroxylation is 1. The topological polar surface area (TPSA) is 55.1 Å². The van der Waals surface area contributed by atoms with Gasteiger partial charge < -0.3 is 11.1 Å². The van der Waals surface area contributed by atoms with Crippen LogP contribution in [0.4, 0.5) is 5.69 Å². The number of fused-ring (bicyclic) bond motifs is 1. The average Bonchev–Trinajstić information content (AvgIpc) is 2.66. The lowest BCUT2D eigenvalue weighted by molar-refractivity contribution is 0.0935. The molecule has 102 valence electrons. The lowest BCUT2D eigenvalue weighted by atomic mass is 10.1. The third-order valence-corrected chi connectivity index (χ3v) is 4.62. The molecule has 1 aromatic carbocycles. The van der Waals surface area contributed by atoms with Crippen LogP contribution in [0.3, 0.4) is 0 Å². The molecule has 2 rings (SSSR count). The highest BCUT2D eigenvalue weighted by Crippen LogP contribution is 2.34. The SMILES string of the molecule is Cc1ccc2c(N)c(C(=O)NC(C)C(C)C)sc2c1. The zero-order valence-electron chi connectivity index (χ0n) is 11.8. The Hall–Kier alpha value is -1.55. The molecule has 1 unspecified atom stereocenters. The molecule has 0 aliphatic rings. The summed E-state index contributed by atoms with van der Waals surface area (Å²) in [5.74, 6) is 0.333. The summed E-state index contributed by atoms with van der Waals surface area (Å²) >= 11 is 1.46. The second-order valence-electron chi connectivity index (χ2n) is 5.35. The molecule has 19 heavy (non-hydrogen) atoms. The van der Waals surface area contributed by atoms with Gasteiger partial charge in [0.1, 0.15) is 4.88 Å². The standard InChI is InChI=1S/C15H20N2OS/c1-8(2)10(4)17-15(18)14-13(16)11-6-5-9(3)7-12(11)19-14/h5-8,10H,16H2,1-4H3,(H,17,18). The zero-order chi connectivity index (χ0) is 14.2. The van der Waals surface area contributed by atoms with Crippen LogP contribution in [0.5, 0.6) is 0 Å². The van der Waals surface area contributed by atoms with E-state index in [9.17, 15) is 4.79 Å². The van der Waals surface area contributed by atoms with E-state index in [4.69, 9.17) is 5.73 Å². The van der Waals surface area contributed by atoms with Crippen LogP contribution in [-0.4, -0.2) is 11.9 Å². The van der Waals surface area contributed by atoms with Crippen LogP contribution in [0.1, 0.15) is 36.0 Å². The van der Waals surface area contributed by atoms with Crippen LogP contribution in [0.2, 0.25) is 0 Å². The van der Waals surface area contributed by atoms with E-state index >= 15 is 0 Å². The van der Waals surface area contributed by atoms with Gasteiger partial charge in [0.25, 0.3) is 5.91 Å². The summed E-state index contributed by atoms with van der Waals surface area (Å²) in [7, 11) is 0. The molecule has 3 nitrogen and oxygen atoms in total. The Morgan fingerprint density at radius 2 is 2.00 bits per heavy atom. The fourth-order valence-electron chi connectivity index (χ4n) is 1.83. The van der Waals surface area contributed by atoms with E-state index < -0.39 is 0 Å². The van der Waals surface area contributed by atoms with Gasteiger partial charge in [-0.25, -0.2) is 0 Å². The zero-order valence-corrected chi connectivity index (χ0v) is 12.6. The summed E-state index contributed by atoms with van der Waals surface area (Å²) in [6.45, 7) is 8.22. The number of anilines is 1. The van der Waals surface area contributed by atoms with Gasteiger partial charge in [0.05, 0.1) is 5.69 Å². The molecule has 0 spiro atoms. The maximum Gasteiger partial charge on any atom is 0.263 e. The number of nitrogen functional groups attached to an aromatic ring is 1. The van der Waals surface area contributed by atoms with Crippen LogP contribution in [0.25, 0.3) is 10.1 Å². The van der Waals surface area contributed by atoms with E-state index in [0.29, 0.717) is 16.5 Å². The quantitative estimate of drug-likeness (QED) is 0.900. The van der Waals surface area contributed by atoms with Crippen molar-refractivity contribution in [3.8, 4) is 0 Å². The molecule has 0 fully saturated rings. The predicted octanol–water partition coefficient (Wildman–Crippen LogP) is 3.57. The highest BCUT2D eigenvalue weighted by Gasteiger charge is 2.18. The van der Waals surface area contributed by atoms with Gasteiger partial charge in [-0.2, -0.15) is 0 Å². The minimum absolute atomic E-state index is 0.0717. The van der Waals surface area contributed by atoms with Crippen molar-refractivity contribution < 1.29 is 4.79 Å². The maximum absolute atomic E-state index is 12.3. The van der Waals surface area contributed by atoms with Gasteiger partial charge in [-0.1, -0.05) is 26.0 Å². The normalized spacial score (nSPS) is 12.9. The Morgan fingerprint density at radius 3 is 2.63 bits per heavy atom. The molecule has 3 N–H and O–H groups in total. The molecule has 0 aliphatic heterocycles. The Balaban J connectivity index is 2.35. The number of nitrogens with two attached hydrogens (primary N) is 1. The second kappa shape index (κ2) is 5.21. The molecule has 2 aromatic rings. The largest absolute Gasteiger partial charge is 0.397 e. The van der Waals surface area contributed by atoms with Crippen LogP contribution >= 0.6 is 11.3 Å². The molecule has 0 radical (unpaired) electrons. The number of hydrogen-bond donors (Lipinski definition) is 2. The van der Waals surface area contributed by atoms with E-state index in [0.717, 1.165) is 10.1 Å². The van der Waals surface area contributed by atoms with Crippen molar-refractivity contribution in [2.45, 2.75) is 33.7 Å². The minimum atomic E-state index is -0.0717. The number of rotatable bonds is 3. The number of amides is 1. The first-order valence-electron chi connectivity index (χ1n) is 6.49. The first-order valence-corrected chi connectivity index (χ1v) is 7.31. The summed E-state index contributed by atoms with van der Waals surface area (Å²) in [6.07, 6.45) is 0. The number of hydrogen-bond acceptors (Lipinski definition) is 3. The summed E-state index contributed by atoms with van der Waals surface area (Å²) in [4.78, 5) is 12.9. The van der Waals surface area contributed by atoms with Crippen molar-refractivity contribution in [2.24, 2.45) is 5.92 Å². The Bertz CT molecular complexity index is 616. The van der Waals surface area contributed by atoms with Crippen molar-refractivity contribution in [3.05, 3.63) is 28.6 Å². The third kappa shape index (κ3) is 2.73. The van der Waals surface area contributed by atoms with Crippen LogP contribution in [0, 0.1) is 12.8 Å². The van der Waals surface area contributed by atoms with Gasteiger partial charge in [0.15, 0.2) is 0 Å². The monoisotopic (exact) mass is 276 g/mol. The third-order valence-electron chi connectivity index (χ3n) is 3.45. The lowest BCUT2D eigenvalue weighted by Crippen LogP contribution is -2.35. The fraction of sp³-hybridized carbons (Fsp3) is 0.400. The van der Waals surface area contributed by atoms with Gasteiger partial charge in [-0.05, 0) is 31.4 Å². The molecule has 1 amide bonds. The van der Waals surface area contributed by atoms with Gasteiger partial charge in [0, 0.05) is 16.1 Å². The van der Waals surface area contributed by atoms with E-state index in [1.807, 2.05) is 26.0 Å². The number of thiophene rings is 1. The van der Waals surface area contributed by atoms with Crippen molar-refractivity contribution >= 4 is 33.0 Å². The molecule has 0 saturated carbocycles. The highest BCUT2D eigenvalue weighted by molar-refractivity contribution is 7.21. The van der Waals surface area contributed by atoms with Crippen molar-refractivity contribution in [3.63, 3.8) is 0 Å². The molecule has 0 bridgehead atoms. The minimum Gasteiger partial charge on any atom is -0.397 e. The summed E-state index contributed by atoms with van der Waals surface area (Å²) in [5.41, 5.74) is 7.86. The second-order valence-corrected chi connectivity index (χ2v) is 6.40. The summed E-state index contributed by atoms with van der Waals surface area (Å²) in [6, 6.07) is 6.21. The van der Waals surface area contributed by atoms with Crippen molar-refractivity contribution in [1.29, 1.82) is 0 Å². The summed E-state index contributed by atoms with van der Waals surface area (Å²) in [5, 5.41) is 3.97. The number of carbonyl (C=O) groups is 1. The number of carbonyl (C=O) groups excluding carboxylic acids is 1. The van der Waals surface area contributed by atoms with Gasteiger partial charge in [-0.15, -0.1) is 11.3 Å². The highest BCUT2D eigenvalue weighted by atomic mass is 32.1. The van der Waals surface area contributed by atoms with Gasteiger partial charge in [-0.3, -0.25) is 4.79 Å².